The molecule has 5 nitrogen and oxygen atoms in total. The minimum absolute atomic E-state index is 0.0243. The molecule has 1 aromatic heterocycles. The Morgan fingerprint density at radius 3 is 2.27 bits per heavy atom. The van der Waals surface area contributed by atoms with Crippen molar-refractivity contribution >= 4 is 23.3 Å². The fourth-order valence-corrected chi connectivity index (χ4v) is 2.51. The third-order valence-electron chi connectivity index (χ3n) is 3.90. The fourth-order valence-electron chi connectivity index (χ4n) is 2.51. The van der Waals surface area contributed by atoms with Gasteiger partial charge in [0.05, 0.1) is 6.20 Å². The third-order valence-corrected chi connectivity index (χ3v) is 3.90. The minimum Gasteiger partial charge on any atom is -0.290 e. The number of benzene rings is 2. The first-order valence-electron chi connectivity index (χ1n) is 8.33. The van der Waals surface area contributed by atoms with E-state index in [1.54, 1.807) is 29.0 Å². The van der Waals surface area contributed by atoms with E-state index in [0.29, 0.717) is 17.1 Å². The Labute approximate surface area is 152 Å². The number of aromatic nitrogens is 1. The molecule has 0 unspecified atom stereocenters. The molecule has 2 aromatic carbocycles. The zero-order valence-corrected chi connectivity index (χ0v) is 14.5. The van der Waals surface area contributed by atoms with E-state index in [-0.39, 0.29) is 18.4 Å². The Balaban J connectivity index is 1.69. The van der Waals surface area contributed by atoms with Crippen molar-refractivity contribution in [1.29, 1.82) is 0 Å². The standard InChI is InChI=1S/C21H19N3O2/c1-16-10-12-18(13-11-16)22-21(26)23-20-9-5-6-14-24(20)15-19(25)17-7-3-2-4-8-17/h2-14H,15H2,1H3,(H,22,26)/p+1. The molecule has 0 radical (unpaired) electrons. The van der Waals surface area contributed by atoms with E-state index in [2.05, 4.69) is 10.6 Å². The largest absolute Gasteiger partial charge is 0.411 e. The van der Waals surface area contributed by atoms with Crippen molar-refractivity contribution in [1.82, 2.24) is 0 Å². The number of rotatable bonds is 5. The van der Waals surface area contributed by atoms with E-state index < -0.39 is 0 Å². The first kappa shape index (κ1) is 17.4. The Morgan fingerprint density at radius 2 is 1.54 bits per heavy atom. The van der Waals surface area contributed by atoms with Gasteiger partial charge >= 0.3 is 6.03 Å². The topological polar surface area (TPSA) is 62.1 Å². The van der Waals surface area contributed by atoms with Gasteiger partial charge in [0.1, 0.15) is 0 Å². The summed E-state index contributed by atoms with van der Waals surface area (Å²) in [6.07, 6.45) is 1.77. The van der Waals surface area contributed by atoms with Gasteiger partial charge in [0.25, 0.3) is 5.82 Å². The van der Waals surface area contributed by atoms with E-state index in [1.165, 1.54) is 0 Å². The highest BCUT2D eigenvalue weighted by Gasteiger charge is 2.17. The maximum absolute atomic E-state index is 12.4. The SMILES string of the molecule is Cc1ccc(NC(=O)Nc2cccc[n+]2CC(=O)c2ccccc2)cc1. The molecule has 0 bridgehead atoms. The number of pyridine rings is 1. The van der Waals surface area contributed by atoms with Crippen molar-refractivity contribution in [3.63, 3.8) is 0 Å². The summed E-state index contributed by atoms with van der Waals surface area (Å²) in [6.45, 7) is 2.13. The summed E-state index contributed by atoms with van der Waals surface area (Å²) in [7, 11) is 0. The lowest BCUT2D eigenvalue weighted by atomic mass is 10.1. The molecule has 2 N–H and O–H groups in total. The van der Waals surface area contributed by atoms with Crippen molar-refractivity contribution in [3.05, 3.63) is 90.1 Å². The molecule has 3 rings (SSSR count). The Morgan fingerprint density at radius 1 is 0.846 bits per heavy atom. The number of hydrogen-bond donors (Lipinski definition) is 2. The first-order chi connectivity index (χ1) is 12.6. The molecule has 5 heteroatoms. The summed E-state index contributed by atoms with van der Waals surface area (Å²) in [5, 5.41) is 5.57. The number of carbonyl (C=O) groups excluding carboxylic acids is 2. The van der Waals surface area contributed by atoms with Crippen LogP contribution in [-0.4, -0.2) is 11.8 Å². The number of ketones is 1. The molecule has 0 aliphatic carbocycles. The van der Waals surface area contributed by atoms with Crippen LogP contribution in [-0.2, 0) is 6.54 Å². The smallest absolute Gasteiger partial charge is 0.290 e. The number of nitrogens with zero attached hydrogens (tertiary/aromatic N) is 1. The lowest BCUT2D eigenvalue weighted by Gasteiger charge is -2.07. The molecule has 2 amide bonds. The lowest BCUT2D eigenvalue weighted by Crippen LogP contribution is -2.42. The number of aryl methyl sites for hydroxylation is 1. The third kappa shape index (κ3) is 4.54. The normalized spacial score (nSPS) is 10.2. The van der Waals surface area contributed by atoms with Gasteiger partial charge in [-0.1, -0.05) is 54.1 Å². The number of hydrogen-bond acceptors (Lipinski definition) is 2. The molecule has 26 heavy (non-hydrogen) atoms. The molecule has 0 fully saturated rings. The predicted molar refractivity (Wildman–Crippen MR) is 101 cm³/mol. The second-order valence-corrected chi connectivity index (χ2v) is 5.95. The van der Waals surface area contributed by atoms with Crippen LogP contribution >= 0.6 is 0 Å². The molecule has 130 valence electrons. The molecule has 0 saturated heterocycles. The molecule has 0 aliphatic heterocycles. The molecule has 1 heterocycles. The van der Waals surface area contributed by atoms with Gasteiger partial charge in [-0.25, -0.2) is 9.36 Å². The number of anilines is 2. The van der Waals surface area contributed by atoms with Crippen LogP contribution in [0.4, 0.5) is 16.3 Å². The fraction of sp³-hybridized carbons (Fsp3) is 0.0952. The van der Waals surface area contributed by atoms with Crippen LogP contribution in [0, 0.1) is 6.92 Å². The summed E-state index contributed by atoms with van der Waals surface area (Å²) in [5.74, 6) is 0.519. The molecule has 0 aliphatic rings. The van der Waals surface area contributed by atoms with Crippen LogP contribution in [0.5, 0.6) is 0 Å². The van der Waals surface area contributed by atoms with Crippen LogP contribution < -0.4 is 15.2 Å². The summed E-state index contributed by atoms with van der Waals surface area (Å²) in [6, 6.07) is 21.7. The summed E-state index contributed by atoms with van der Waals surface area (Å²) in [4.78, 5) is 24.7. The average molecular weight is 346 g/mol. The van der Waals surface area contributed by atoms with Crippen molar-refractivity contribution in [3.8, 4) is 0 Å². The predicted octanol–water partition coefficient (Wildman–Crippen LogP) is 3.81. The van der Waals surface area contributed by atoms with E-state index in [4.69, 9.17) is 0 Å². The van der Waals surface area contributed by atoms with Gasteiger partial charge in [0, 0.05) is 17.3 Å². The molecule has 3 aromatic rings. The average Bonchev–Trinajstić information content (AvgIpc) is 2.66. The van der Waals surface area contributed by atoms with Crippen LogP contribution in [0.2, 0.25) is 0 Å². The van der Waals surface area contributed by atoms with Crippen molar-refractivity contribution in [2.24, 2.45) is 0 Å². The quantitative estimate of drug-likeness (QED) is 0.545. The molecule has 0 saturated carbocycles. The van der Waals surface area contributed by atoms with Gasteiger partial charge in [-0.2, -0.15) is 5.32 Å². The van der Waals surface area contributed by atoms with E-state index >= 15 is 0 Å². The second-order valence-electron chi connectivity index (χ2n) is 5.95. The van der Waals surface area contributed by atoms with Crippen LogP contribution in [0.25, 0.3) is 0 Å². The van der Waals surface area contributed by atoms with Crippen LogP contribution in [0.3, 0.4) is 0 Å². The Kier molecular flexibility index (Phi) is 5.39. The Bertz CT molecular complexity index is 906. The number of urea groups is 1. The number of nitrogens with one attached hydrogen (secondary N) is 2. The van der Waals surface area contributed by atoms with E-state index in [0.717, 1.165) is 5.56 Å². The van der Waals surface area contributed by atoms with Gasteiger partial charge < -0.3 is 0 Å². The molecule has 0 spiro atoms. The first-order valence-corrected chi connectivity index (χ1v) is 8.33. The van der Waals surface area contributed by atoms with Gasteiger partial charge in [-0.15, -0.1) is 0 Å². The number of amides is 2. The zero-order chi connectivity index (χ0) is 18.4. The summed E-state index contributed by atoms with van der Waals surface area (Å²) in [5.41, 5.74) is 2.46. The van der Waals surface area contributed by atoms with Gasteiger partial charge in [-0.3, -0.25) is 10.1 Å². The molecular formula is C21H20N3O2+. The zero-order valence-electron chi connectivity index (χ0n) is 14.5. The van der Waals surface area contributed by atoms with Gasteiger partial charge in [0.15, 0.2) is 6.54 Å². The maximum Gasteiger partial charge on any atom is 0.411 e. The maximum atomic E-state index is 12.4. The highest BCUT2D eigenvalue weighted by Crippen LogP contribution is 2.09. The summed E-state index contributed by atoms with van der Waals surface area (Å²) < 4.78 is 1.71. The number of Topliss-reactive ketones (excluding diaryl/α,β-unsaturated/α-hetero) is 1. The van der Waals surface area contributed by atoms with Crippen molar-refractivity contribution < 1.29 is 14.2 Å². The molecule has 0 atom stereocenters. The van der Waals surface area contributed by atoms with Crippen molar-refractivity contribution in [2.75, 3.05) is 10.6 Å². The van der Waals surface area contributed by atoms with Gasteiger partial charge in [0.2, 0.25) is 5.78 Å². The van der Waals surface area contributed by atoms with E-state index in [1.807, 2.05) is 61.5 Å². The van der Waals surface area contributed by atoms with Gasteiger partial charge in [-0.05, 0) is 25.1 Å². The highest BCUT2D eigenvalue weighted by molar-refractivity contribution is 5.99. The van der Waals surface area contributed by atoms with E-state index in [9.17, 15) is 9.59 Å². The van der Waals surface area contributed by atoms with Crippen LogP contribution in [0.15, 0.2) is 79.0 Å². The van der Waals surface area contributed by atoms with Crippen LogP contribution in [0.1, 0.15) is 15.9 Å². The minimum atomic E-state index is -0.360. The Hall–Kier alpha value is -3.47. The monoisotopic (exact) mass is 346 g/mol. The summed E-state index contributed by atoms with van der Waals surface area (Å²) >= 11 is 0. The second kappa shape index (κ2) is 8.07. The molecular weight excluding hydrogens is 326 g/mol. The van der Waals surface area contributed by atoms with Crippen molar-refractivity contribution in [2.45, 2.75) is 13.5 Å². The highest BCUT2D eigenvalue weighted by atomic mass is 16.2. The lowest BCUT2D eigenvalue weighted by molar-refractivity contribution is -0.668. The number of carbonyl (C=O) groups is 2.